The number of benzene rings is 5. The van der Waals surface area contributed by atoms with Gasteiger partial charge in [-0.25, -0.2) is 0 Å². The third kappa shape index (κ3) is 12.4. The van der Waals surface area contributed by atoms with Crippen LogP contribution in [0.15, 0.2) is 121 Å². The number of aliphatic hydroxyl groups is 3. The molecule has 1 aromatic heterocycles. The van der Waals surface area contributed by atoms with Crippen molar-refractivity contribution in [1.82, 2.24) is 15.2 Å². The smallest absolute Gasteiger partial charge is 0.161 e. The number of hydrogen-bond acceptors (Lipinski definition) is 12. The van der Waals surface area contributed by atoms with Gasteiger partial charge in [-0.2, -0.15) is 0 Å². The molecule has 1 saturated carbocycles. The molecule has 12 rings (SSSR count). The minimum atomic E-state index is -0.716. The molecule has 0 radical (unpaired) electrons. The van der Waals surface area contributed by atoms with Gasteiger partial charge < -0.3 is 59.5 Å². The van der Waals surface area contributed by atoms with Crippen molar-refractivity contribution >= 4 is 16.6 Å². The lowest BCUT2D eigenvalue weighted by molar-refractivity contribution is -0.166. The summed E-state index contributed by atoms with van der Waals surface area (Å²) in [5, 5.41) is 74.2. The maximum atomic E-state index is 11.9. The zero-order valence-electron chi connectivity index (χ0n) is 48.4. The zero-order valence-corrected chi connectivity index (χ0v) is 48.4. The van der Waals surface area contributed by atoms with Crippen LogP contribution in [0.1, 0.15) is 146 Å². The standard InChI is InChI=1S/C71H83N3O10/c75-29-6-7-30-81-46-72-68-39-52-20-18-47(16-17-48-19-24-64(79)53(32-48)33-49-11-8-13-58(77)34-49)10-9-14-60-40-59(78)23-21-51-38-66(65(80)37-55(51)43-76)83-44-56-36-57(35-54-41-74(42-61(54)56)69(73-68)62(52)45-82-60)71-28-31-84-70(26-4-1-5-27-70)67(71)25-22-50-12-2-3-15-63(50)71/h2-3,8,11-13,15,19,24,32,34-39,41-42,47,59-60,67-68,72-73,75-80H,1,4-7,9-10,14,16-17,21-23,25-31,33,40,43-46H2/t47-,59+,60-,67+,68?,71-/m0/s1. The van der Waals surface area contributed by atoms with E-state index in [1.54, 1.807) is 24.3 Å². The first kappa shape index (κ1) is 57.8. The predicted octanol–water partition coefficient (Wildman–Crippen LogP) is 11.3. The van der Waals surface area contributed by atoms with Crippen LogP contribution in [0.25, 0.3) is 16.6 Å². The number of fused-ring (bicyclic) bond motifs is 10. The Labute approximate surface area is 494 Å². The van der Waals surface area contributed by atoms with Gasteiger partial charge in [0.15, 0.2) is 11.5 Å². The highest BCUT2D eigenvalue weighted by Crippen LogP contribution is 2.60. The minimum absolute atomic E-state index is 0.0159. The molecule has 6 bridgehead atoms. The third-order valence-corrected chi connectivity index (χ3v) is 19.3. The van der Waals surface area contributed by atoms with Gasteiger partial charge in [-0.1, -0.05) is 85.7 Å². The molecule has 6 atom stereocenters. The van der Waals surface area contributed by atoms with Gasteiger partial charge in [-0.15, -0.1) is 0 Å². The highest BCUT2D eigenvalue weighted by Gasteiger charge is 2.58. The van der Waals surface area contributed by atoms with Crippen molar-refractivity contribution in [2.75, 3.05) is 33.2 Å². The number of aromatic nitrogens is 1. The Bertz CT molecular complexity index is 3430. The largest absolute Gasteiger partial charge is 0.508 e. The van der Waals surface area contributed by atoms with Gasteiger partial charge in [0, 0.05) is 77.8 Å². The summed E-state index contributed by atoms with van der Waals surface area (Å²) in [6.07, 6.45) is 20.9. The fourth-order valence-electron chi connectivity index (χ4n) is 15.0. The van der Waals surface area contributed by atoms with E-state index in [9.17, 15) is 30.6 Å². The Morgan fingerprint density at radius 2 is 1.65 bits per heavy atom. The van der Waals surface area contributed by atoms with Crippen LogP contribution >= 0.6 is 0 Å². The van der Waals surface area contributed by atoms with Crippen molar-refractivity contribution < 1.29 is 49.6 Å². The Morgan fingerprint density at radius 3 is 2.52 bits per heavy atom. The summed E-state index contributed by atoms with van der Waals surface area (Å²) >= 11 is 0. The number of nitrogens with zero attached hydrogens (tertiary/aromatic N) is 1. The fourth-order valence-corrected chi connectivity index (χ4v) is 15.0. The molecule has 2 fully saturated rings. The molecule has 1 saturated heterocycles. The van der Waals surface area contributed by atoms with Gasteiger partial charge in [-0.3, -0.25) is 5.32 Å². The first-order chi connectivity index (χ1) is 41.1. The number of nitrogens with one attached hydrogen (secondary N) is 2. The topological polar surface area (TPSA) is 187 Å². The lowest BCUT2D eigenvalue weighted by atomic mass is 9.51. The number of unbranched alkanes of at least 4 members (excludes halogenated alkanes) is 1. The number of rotatable bonds is 14. The van der Waals surface area contributed by atoms with E-state index in [2.05, 4.69) is 88.0 Å². The Balaban J connectivity index is 0.980. The Morgan fingerprint density at radius 1 is 0.774 bits per heavy atom. The minimum Gasteiger partial charge on any atom is -0.508 e. The van der Waals surface area contributed by atoms with Gasteiger partial charge in [-0.05, 0) is 189 Å². The maximum absolute atomic E-state index is 11.9. The molecule has 13 heteroatoms. The average Bonchev–Trinajstić information content (AvgIpc) is 1.04. The van der Waals surface area contributed by atoms with Gasteiger partial charge >= 0.3 is 0 Å². The molecule has 8 N–H and O–H groups in total. The van der Waals surface area contributed by atoms with E-state index in [4.69, 9.17) is 18.9 Å². The van der Waals surface area contributed by atoms with E-state index in [-0.39, 0.29) is 85.5 Å². The third-order valence-electron chi connectivity index (χ3n) is 19.3. The molecule has 442 valence electrons. The summed E-state index contributed by atoms with van der Waals surface area (Å²) in [6, 6.07) is 30.3. The van der Waals surface area contributed by atoms with Crippen molar-refractivity contribution in [1.29, 1.82) is 0 Å². The number of phenols is 3. The molecule has 0 amide bonds. The summed E-state index contributed by atoms with van der Waals surface area (Å²) in [6.45, 7) is 1.71. The molecule has 84 heavy (non-hydrogen) atoms. The summed E-state index contributed by atoms with van der Waals surface area (Å²) in [5.41, 5.74) is 10.5. The lowest BCUT2D eigenvalue weighted by Gasteiger charge is -2.59. The SMILES string of the molecule is OCCCCOCNC1C=C2C#C[C@H](CCc3ccc(O)c(Cc4cccc(O)c4)c3)CCC[C@H]3C[C@H](O)CCc4cc(c(O)cc4CO)OCc4cc([C@]56CCOC7(CCCCC7)[C@H]5CCc5ccccc56)cc5cn(cc45)C(=C2CO3)N1. The molecular weight excluding hydrogens is 1050 g/mol. The Hall–Kier alpha value is -6.60. The van der Waals surface area contributed by atoms with Crippen molar-refractivity contribution in [3.8, 4) is 34.8 Å². The normalized spacial score (nSPS) is 24.1. The molecule has 2 aliphatic carbocycles. The molecular formula is C71H83N3O10. The number of hydrogen-bond donors (Lipinski definition) is 8. The van der Waals surface area contributed by atoms with Crippen LogP contribution in [0, 0.1) is 23.7 Å². The second-order valence-electron chi connectivity index (χ2n) is 24.6. The molecule has 5 heterocycles. The van der Waals surface area contributed by atoms with Crippen molar-refractivity contribution in [2.24, 2.45) is 11.8 Å². The maximum Gasteiger partial charge on any atom is 0.161 e. The number of aliphatic hydroxyl groups excluding tert-OH is 3. The molecule has 6 aliphatic rings. The van der Waals surface area contributed by atoms with E-state index in [0.29, 0.717) is 63.1 Å². The van der Waals surface area contributed by atoms with Gasteiger partial charge in [0.1, 0.15) is 30.1 Å². The molecule has 6 aromatic rings. The van der Waals surface area contributed by atoms with Crippen LogP contribution < -0.4 is 15.4 Å². The van der Waals surface area contributed by atoms with E-state index < -0.39 is 6.10 Å². The number of dihydropyridines is 1. The molecule has 1 unspecified atom stereocenters. The van der Waals surface area contributed by atoms with Crippen LogP contribution in [-0.4, -0.2) is 92.3 Å². The molecule has 1 spiro atoms. The highest BCUT2D eigenvalue weighted by molar-refractivity contribution is 5.89. The summed E-state index contributed by atoms with van der Waals surface area (Å²) in [4.78, 5) is 0. The second kappa shape index (κ2) is 25.9. The number of ether oxygens (including phenoxy) is 4. The second-order valence-corrected chi connectivity index (χ2v) is 24.6. The summed E-state index contributed by atoms with van der Waals surface area (Å²) in [5.74, 6) is 9.32. The van der Waals surface area contributed by atoms with Crippen LogP contribution in [0.4, 0.5) is 0 Å². The molecule has 13 nitrogen and oxygen atoms in total. The summed E-state index contributed by atoms with van der Waals surface area (Å²) < 4.78 is 29.2. The number of aromatic hydroxyl groups is 3. The van der Waals surface area contributed by atoms with Gasteiger partial charge in [0.2, 0.25) is 0 Å². The van der Waals surface area contributed by atoms with E-state index in [1.807, 2.05) is 24.3 Å². The quantitative estimate of drug-likeness (QED) is 0.0293. The monoisotopic (exact) mass is 1140 g/mol. The van der Waals surface area contributed by atoms with Crippen LogP contribution in [0.2, 0.25) is 0 Å². The average molecular weight is 1140 g/mol. The van der Waals surface area contributed by atoms with E-state index in [0.717, 1.165) is 120 Å². The predicted molar refractivity (Wildman–Crippen MR) is 325 cm³/mol. The van der Waals surface area contributed by atoms with Gasteiger partial charge in [0.25, 0.3) is 0 Å². The highest BCUT2D eigenvalue weighted by atomic mass is 16.5. The van der Waals surface area contributed by atoms with Crippen molar-refractivity contribution in [3.05, 3.63) is 171 Å². The van der Waals surface area contributed by atoms with E-state index in [1.165, 1.54) is 36.0 Å². The van der Waals surface area contributed by atoms with E-state index >= 15 is 0 Å². The fraction of sp³-hybridized carbons (Fsp3) is 0.465. The first-order valence-corrected chi connectivity index (χ1v) is 31.1. The van der Waals surface area contributed by atoms with Crippen LogP contribution in [0.3, 0.4) is 0 Å². The van der Waals surface area contributed by atoms with Crippen LogP contribution in [0.5, 0.6) is 23.0 Å². The zero-order chi connectivity index (χ0) is 57.6. The van der Waals surface area contributed by atoms with Crippen molar-refractivity contribution in [3.63, 3.8) is 0 Å². The van der Waals surface area contributed by atoms with Crippen LogP contribution in [-0.2, 0) is 58.5 Å². The lowest BCUT2D eigenvalue weighted by Crippen LogP contribution is -2.59. The van der Waals surface area contributed by atoms with Gasteiger partial charge in [0.05, 0.1) is 37.8 Å². The molecule has 4 aliphatic heterocycles. The van der Waals surface area contributed by atoms with Crippen molar-refractivity contribution in [2.45, 2.75) is 165 Å². The summed E-state index contributed by atoms with van der Waals surface area (Å²) in [7, 11) is 0. The first-order valence-electron chi connectivity index (χ1n) is 31.1. The molecule has 5 aromatic carbocycles. The number of phenolic OH excluding ortho intramolecular Hbond substituents is 3. The Kier molecular flexibility index (Phi) is 17.9. The number of aryl methyl sites for hydroxylation is 3.